The van der Waals surface area contributed by atoms with Crippen molar-refractivity contribution in [3.8, 4) is 0 Å². The van der Waals surface area contributed by atoms with Crippen molar-refractivity contribution in [3.63, 3.8) is 0 Å². The summed E-state index contributed by atoms with van der Waals surface area (Å²) in [5.74, 6) is -0.456. The topological polar surface area (TPSA) is 40.5 Å². The lowest BCUT2D eigenvalue weighted by atomic mass is 10.2. The first-order valence-electron chi connectivity index (χ1n) is 5.72. The predicted octanol–water partition coefficient (Wildman–Crippen LogP) is 2.49. The second-order valence-corrected chi connectivity index (χ2v) is 5.20. The molecule has 1 N–H and O–H groups in total. The van der Waals surface area contributed by atoms with Crippen LogP contribution in [0.1, 0.15) is 12.0 Å². The molecule has 0 radical (unpaired) electrons. The Morgan fingerprint density at radius 3 is 2.65 bits per heavy atom. The maximum atomic E-state index is 10.7. The molecule has 1 aromatic carbocycles. The molecule has 1 fully saturated rings. The van der Waals surface area contributed by atoms with E-state index in [4.69, 9.17) is 16.7 Å². The second-order valence-electron chi connectivity index (χ2n) is 4.76. The lowest BCUT2D eigenvalue weighted by Crippen LogP contribution is -2.21. The quantitative estimate of drug-likeness (QED) is 0.877. The third-order valence-electron chi connectivity index (χ3n) is 3.15. The average molecular weight is 254 g/mol. The molecule has 0 heterocycles. The van der Waals surface area contributed by atoms with Gasteiger partial charge in [-0.15, -0.1) is 0 Å². The molecule has 0 bridgehead atoms. The van der Waals surface area contributed by atoms with Crippen LogP contribution in [0.5, 0.6) is 0 Å². The Kier molecular flexibility index (Phi) is 3.69. The molecular formula is C13H16ClNO2. The van der Waals surface area contributed by atoms with Gasteiger partial charge in [-0.3, -0.25) is 4.79 Å². The van der Waals surface area contributed by atoms with E-state index in [2.05, 4.69) is 4.90 Å². The molecule has 2 unspecified atom stereocenters. The summed E-state index contributed by atoms with van der Waals surface area (Å²) in [6.45, 7) is 1.68. The largest absolute Gasteiger partial charge is 0.481 e. The SMILES string of the molecule is CN(Cc1ccc(Cl)cc1)CC1CC1C(=O)O. The maximum Gasteiger partial charge on any atom is 0.306 e. The van der Waals surface area contributed by atoms with E-state index in [-0.39, 0.29) is 5.92 Å². The molecule has 1 aliphatic carbocycles. The van der Waals surface area contributed by atoms with Gasteiger partial charge in [0.25, 0.3) is 0 Å². The Bertz CT molecular complexity index is 404. The molecule has 1 aromatic rings. The molecule has 0 saturated heterocycles. The van der Waals surface area contributed by atoms with Gasteiger partial charge >= 0.3 is 5.97 Å². The number of carboxylic acid groups (broad SMARTS) is 1. The van der Waals surface area contributed by atoms with Gasteiger partial charge in [0.05, 0.1) is 5.92 Å². The summed E-state index contributed by atoms with van der Waals surface area (Å²) < 4.78 is 0. The van der Waals surface area contributed by atoms with Crippen molar-refractivity contribution in [2.45, 2.75) is 13.0 Å². The molecular weight excluding hydrogens is 238 g/mol. The molecule has 0 amide bonds. The predicted molar refractivity (Wildman–Crippen MR) is 67.0 cm³/mol. The van der Waals surface area contributed by atoms with Crippen LogP contribution in [0.15, 0.2) is 24.3 Å². The zero-order valence-electron chi connectivity index (χ0n) is 9.77. The summed E-state index contributed by atoms with van der Waals surface area (Å²) in [5, 5.41) is 9.56. The molecule has 1 saturated carbocycles. The van der Waals surface area contributed by atoms with Crippen LogP contribution < -0.4 is 0 Å². The minimum absolute atomic E-state index is 0.123. The van der Waals surface area contributed by atoms with Crippen molar-refractivity contribution in [2.75, 3.05) is 13.6 Å². The highest BCUT2D eigenvalue weighted by Crippen LogP contribution is 2.39. The van der Waals surface area contributed by atoms with Crippen LogP contribution in [0, 0.1) is 11.8 Å². The fourth-order valence-electron chi connectivity index (χ4n) is 2.12. The van der Waals surface area contributed by atoms with Crippen LogP contribution in [-0.2, 0) is 11.3 Å². The lowest BCUT2D eigenvalue weighted by Gasteiger charge is -2.16. The molecule has 1 aliphatic rings. The number of aliphatic carboxylic acids is 1. The number of carboxylic acids is 1. The Hall–Kier alpha value is -1.06. The Morgan fingerprint density at radius 1 is 1.47 bits per heavy atom. The first-order valence-corrected chi connectivity index (χ1v) is 6.10. The van der Waals surface area contributed by atoms with Gasteiger partial charge in [-0.2, -0.15) is 0 Å². The van der Waals surface area contributed by atoms with Gasteiger partial charge in [-0.25, -0.2) is 0 Å². The third kappa shape index (κ3) is 3.45. The van der Waals surface area contributed by atoms with Crippen molar-refractivity contribution in [1.82, 2.24) is 4.90 Å². The molecule has 92 valence electrons. The molecule has 0 aromatic heterocycles. The molecule has 17 heavy (non-hydrogen) atoms. The first-order chi connectivity index (χ1) is 8.06. The number of hydrogen-bond acceptors (Lipinski definition) is 2. The normalized spacial score (nSPS) is 22.8. The average Bonchev–Trinajstić information content (AvgIpc) is 3.01. The first kappa shape index (κ1) is 12.4. The minimum atomic E-state index is -0.658. The van der Waals surface area contributed by atoms with Gasteiger partial charge in [-0.05, 0) is 37.1 Å². The van der Waals surface area contributed by atoms with Crippen LogP contribution in [0.25, 0.3) is 0 Å². The van der Waals surface area contributed by atoms with Crippen LogP contribution >= 0.6 is 11.6 Å². The molecule has 3 nitrogen and oxygen atoms in total. The van der Waals surface area contributed by atoms with Crippen LogP contribution in [0.2, 0.25) is 5.02 Å². The molecule has 0 aliphatic heterocycles. The smallest absolute Gasteiger partial charge is 0.306 e. The van der Waals surface area contributed by atoms with Crippen molar-refractivity contribution in [3.05, 3.63) is 34.9 Å². The summed E-state index contributed by atoms with van der Waals surface area (Å²) in [6, 6.07) is 7.75. The number of nitrogens with zero attached hydrogens (tertiary/aromatic N) is 1. The van der Waals surface area contributed by atoms with Gasteiger partial charge in [-0.1, -0.05) is 23.7 Å². The Labute approximate surface area is 106 Å². The van der Waals surface area contributed by atoms with Crippen molar-refractivity contribution >= 4 is 17.6 Å². The number of rotatable bonds is 5. The number of hydrogen-bond donors (Lipinski definition) is 1. The van der Waals surface area contributed by atoms with Gasteiger partial charge in [0.2, 0.25) is 0 Å². The standard InChI is InChI=1S/C13H16ClNO2/c1-15(8-10-6-12(10)13(16)17)7-9-2-4-11(14)5-3-9/h2-5,10,12H,6-8H2,1H3,(H,16,17). The molecule has 2 atom stereocenters. The maximum absolute atomic E-state index is 10.7. The minimum Gasteiger partial charge on any atom is -0.481 e. The van der Waals surface area contributed by atoms with Crippen molar-refractivity contribution in [1.29, 1.82) is 0 Å². The number of carbonyl (C=O) groups is 1. The molecule has 0 spiro atoms. The van der Waals surface area contributed by atoms with E-state index in [1.54, 1.807) is 0 Å². The molecule has 2 rings (SSSR count). The number of benzene rings is 1. The number of halogens is 1. The van der Waals surface area contributed by atoms with E-state index in [1.807, 2.05) is 31.3 Å². The zero-order chi connectivity index (χ0) is 12.4. The molecule has 4 heteroatoms. The fraction of sp³-hybridized carbons (Fsp3) is 0.462. The third-order valence-corrected chi connectivity index (χ3v) is 3.40. The Balaban J connectivity index is 1.80. The van der Waals surface area contributed by atoms with Crippen LogP contribution in [0.4, 0.5) is 0 Å². The van der Waals surface area contributed by atoms with Crippen LogP contribution in [0.3, 0.4) is 0 Å². The van der Waals surface area contributed by atoms with E-state index in [0.717, 1.165) is 24.5 Å². The van der Waals surface area contributed by atoms with E-state index in [9.17, 15) is 4.79 Å². The lowest BCUT2D eigenvalue weighted by molar-refractivity contribution is -0.138. The zero-order valence-corrected chi connectivity index (χ0v) is 10.5. The van der Waals surface area contributed by atoms with Gasteiger partial charge < -0.3 is 10.0 Å². The van der Waals surface area contributed by atoms with Gasteiger partial charge in [0.1, 0.15) is 0 Å². The summed E-state index contributed by atoms with van der Waals surface area (Å²) in [5.41, 5.74) is 1.20. The Morgan fingerprint density at radius 2 is 2.12 bits per heavy atom. The van der Waals surface area contributed by atoms with E-state index < -0.39 is 5.97 Å². The van der Waals surface area contributed by atoms with Gasteiger partial charge in [0.15, 0.2) is 0 Å². The summed E-state index contributed by atoms with van der Waals surface area (Å²) >= 11 is 5.82. The summed E-state index contributed by atoms with van der Waals surface area (Å²) in [4.78, 5) is 12.9. The highest BCUT2D eigenvalue weighted by Gasteiger charge is 2.43. The second kappa shape index (κ2) is 5.07. The fourth-order valence-corrected chi connectivity index (χ4v) is 2.24. The van der Waals surface area contributed by atoms with E-state index >= 15 is 0 Å². The van der Waals surface area contributed by atoms with Crippen molar-refractivity contribution in [2.24, 2.45) is 11.8 Å². The monoisotopic (exact) mass is 253 g/mol. The van der Waals surface area contributed by atoms with Crippen LogP contribution in [-0.4, -0.2) is 29.6 Å². The highest BCUT2D eigenvalue weighted by atomic mass is 35.5. The van der Waals surface area contributed by atoms with E-state index in [1.165, 1.54) is 5.56 Å². The summed E-state index contributed by atoms with van der Waals surface area (Å²) in [7, 11) is 2.02. The van der Waals surface area contributed by atoms with Crippen molar-refractivity contribution < 1.29 is 9.90 Å². The van der Waals surface area contributed by atoms with Gasteiger partial charge in [0, 0.05) is 18.1 Å². The van der Waals surface area contributed by atoms with E-state index in [0.29, 0.717) is 5.92 Å². The highest BCUT2D eigenvalue weighted by molar-refractivity contribution is 6.30. The summed E-state index contributed by atoms with van der Waals surface area (Å²) in [6.07, 6.45) is 0.820.